The molecule has 0 radical (unpaired) electrons. The zero-order valence-corrected chi connectivity index (χ0v) is 46.8. The maximum absolute atomic E-state index is 12.4. The van der Waals surface area contributed by atoms with Gasteiger partial charge in [-0.3, -0.25) is 0 Å². The van der Waals surface area contributed by atoms with Crippen LogP contribution in [0.4, 0.5) is 11.9 Å². The molecule has 17 nitrogen and oxygen atoms in total. The molecule has 0 saturated carbocycles. The molecule has 0 aliphatic carbocycles. The normalized spacial score (nSPS) is 13.8. The lowest BCUT2D eigenvalue weighted by molar-refractivity contribution is 0.220. The Hall–Kier alpha value is -5.94. The number of thiazole rings is 2. The van der Waals surface area contributed by atoms with Crippen LogP contribution in [0.2, 0.25) is 0 Å². The summed E-state index contributed by atoms with van der Waals surface area (Å²) in [4.78, 5) is 48.3. The third-order valence-electron chi connectivity index (χ3n) is 13.6. The van der Waals surface area contributed by atoms with Crippen molar-refractivity contribution in [2.24, 2.45) is 0 Å². The van der Waals surface area contributed by atoms with Gasteiger partial charge in [-0.1, -0.05) is 60.7 Å². The zero-order valence-electron chi connectivity index (χ0n) is 41.9. The number of hydrogen-bond donors (Lipinski definition) is 2. The van der Waals surface area contributed by atoms with E-state index in [1.54, 1.807) is 22.7 Å². The van der Waals surface area contributed by atoms with Crippen LogP contribution in [0, 0.1) is 0 Å². The van der Waals surface area contributed by atoms with E-state index in [4.69, 9.17) is 18.8 Å². The molecule has 2 aliphatic heterocycles. The Labute approximate surface area is 477 Å². The van der Waals surface area contributed by atoms with Crippen LogP contribution >= 0.6 is 72.3 Å². The van der Waals surface area contributed by atoms with Gasteiger partial charge in [0.15, 0.2) is 0 Å². The van der Waals surface area contributed by atoms with Crippen LogP contribution in [-0.2, 0) is 25.9 Å². The molecule has 23 heteroatoms. The number of anilines is 2. The fourth-order valence-electron chi connectivity index (χ4n) is 9.73. The van der Waals surface area contributed by atoms with E-state index in [0.717, 1.165) is 132 Å². The van der Waals surface area contributed by atoms with Crippen LogP contribution in [0.15, 0.2) is 149 Å². The van der Waals surface area contributed by atoms with Crippen molar-refractivity contribution in [1.29, 1.82) is 0 Å². The molecule has 0 amide bonds. The fourth-order valence-corrected chi connectivity index (χ4v) is 10.8. The first kappa shape index (κ1) is 63.6. The number of para-hydroxylation sites is 6. The van der Waals surface area contributed by atoms with Gasteiger partial charge >= 0.3 is 11.3 Å². The molecule has 0 unspecified atom stereocenters. The first-order chi connectivity index (χ1) is 34.5. The quantitative estimate of drug-likeness (QED) is 0.0971. The van der Waals surface area contributed by atoms with E-state index in [1.807, 2.05) is 83.8 Å². The van der Waals surface area contributed by atoms with Crippen LogP contribution in [0.1, 0.15) is 48.2 Å². The summed E-state index contributed by atoms with van der Waals surface area (Å²) in [5, 5.41) is 13.6. The Morgan fingerprint density at radius 3 is 1.29 bits per heavy atom. The average molecular weight is 1170 g/mol. The number of aromatic nitrogens is 6. The number of imidazole rings is 2. The van der Waals surface area contributed by atoms with Gasteiger partial charge in [0.25, 0.3) is 0 Å². The molecule has 12 rings (SSSR count). The molecule has 412 valence electrons. The van der Waals surface area contributed by atoms with Crippen LogP contribution < -0.4 is 21.9 Å². The number of rotatable bonds is 14. The second-order valence-electron chi connectivity index (χ2n) is 18.2. The van der Waals surface area contributed by atoms with E-state index >= 15 is 0 Å². The third-order valence-corrected chi connectivity index (χ3v) is 14.9. The van der Waals surface area contributed by atoms with E-state index in [-0.39, 0.29) is 77.3 Å². The van der Waals surface area contributed by atoms with Crippen molar-refractivity contribution >= 4 is 128 Å². The van der Waals surface area contributed by atoms with Crippen LogP contribution in [-0.4, -0.2) is 107 Å². The minimum Gasteiger partial charge on any atom is -0.423 e. The Balaban J connectivity index is 0.000000305. The van der Waals surface area contributed by atoms with Gasteiger partial charge in [0.05, 0.1) is 57.6 Å². The molecule has 2 fully saturated rings. The van der Waals surface area contributed by atoms with E-state index in [1.165, 1.54) is 0 Å². The number of likely N-dealkylation sites (tertiary alicyclic amines) is 2. The van der Waals surface area contributed by atoms with E-state index in [0.29, 0.717) is 49.2 Å². The predicted octanol–water partition coefficient (Wildman–Crippen LogP) is 8.75. The van der Waals surface area contributed by atoms with Crippen molar-refractivity contribution in [1.82, 2.24) is 38.9 Å². The summed E-state index contributed by atoms with van der Waals surface area (Å²) in [6.45, 7) is 7.09. The zero-order chi connectivity index (χ0) is 47.2. The lowest BCUT2D eigenvalue weighted by atomic mass is 10.0. The molecular weight excluding hydrogens is 1110 g/mol. The molecule has 2 saturated heterocycles. The first-order valence-electron chi connectivity index (χ1n) is 24.1. The van der Waals surface area contributed by atoms with Crippen molar-refractivity contribution < 1.29 is 25.3 Å². The number of benzene rings is 4. The highest BCUT2D eigenvalue weighted by Crippen LogP contribution is 2.26. The molecule has 0 spiro atoms. The highest BCUT2D eigenvalue weighted by molar-refractivity contribution is 7.07. The van der Waals surface area contributed by atoms with Crippen LogP contribution in [0.25, 0.3) is 44.0 Å². The highest BCUT2D eigenvalue weighted by Gasteiger charge is 2.24. The molecule has 0 bridgehead atoms. The standard InChI is InChI=1S/2C27H27N5O2S.4ClH.3H2O/c2*33-26-20(15-19-5-1-4-8-25(19)34-26)9-12-31-13-10-21(11-14-31)29-27-30-23-6-2-3-7-24(23)32(27)16-22-17-35-18-28-22;;;;;;;/h2*1-8,15,17-18,21H,9-14,16H2,(H,29,30);4*1H;3*1H2. The van der Waals surface area contributed by atoms with E-state index < -0.39 is 0 Å². The molecular formula is C54H64Cl4N10O7S2. The molecule has 77 heavy (non-hydrogen) atoms. The minimum atomic E-state index is -0.223. The molecule has 10 aromatic rings. The summed E-state index contributed by atoms with van der Waals surface area (Å²) >= 11 is 3.23. The van der Waals surface area contributed by atoms with E-state index in [2.05, 4.69) is 86.7 Å². The number of nitrogens with one attached hydrogen (secondary N) is 2. The van der Waals surface area contributed by atoms with Crippen molar-refractivity contribution in [3.8, 4) is 0 Å². The monoisotopic (exact) mass is 1170 g/mol. The summed E-state index contributed by atoms with van der Waals surface area (Å²) in [5.41, 5.74) is 12.4. The fraction of sp³-hybridized carbons (Fsp3) is 0.296. The van der Waals surface area contributed by atoms with Gasteiger partial charge in [-0.15, -0.1) is 72.3 Å². The van der Waals surface area contributed by atoms with Gasteiger partial charge in [-0.2, -0.15) is 0 Å². The maximum Gasteiger partial charge on any atom is 0.339 e. The predicted molar refractivity (Wildman–Crippen MR) is 320 cm³/mol. The van der Waals surface area contributed by atoms with E-state index in [9.17, 15) is 9.59 Å². The third kappa shape index (κ3) is 15.2. The summed E-state index contributed by atoms with van der Waals surface area (Å²) in [6.07, 6.45) is 5.54. The van der Waals surface area contributed by atoms with Crippen LogP contribution in [0.3, 0.4) is 0 Å². The summed E-state index contributed by atoms with van der Waals surface area (Å²) in [5.74, 6) is 1.82. The number of fused-ring (bicyclic) bond motifs is 4. The molecule has 2 aliphatic rings. The highest BCUT2D eigenvalue weighted by atomic mass is 35.5. The Morgan fingerprint density at radius 2 is 0.896 bits per heavy atom. The number of halogens is 4. The maximum atomic E-state index is 12.4. The van der Waals surface area contributed by atoms with Crippen molar-refractivity contribution in [3.63, 3.8) is 0 Å². The molecule has 0 atom stereocenters. The number of piperidine rings is 2. The number of hydrogen-bond acceptors (Lipinski definition) is 14. The van der Waals surface area contributed by atoms with Gasteiger partial charge < -0.3 is 54.8 Å². The molecule has 8 N–H and O–H groups in total. The average Bonchev–Trinajstić information content (AvgIpc) is 4.23. The largest absolute Gasteiger partial charge is 0.423 e. The summed E-state index contributed by atoms with van der Waals surface area (Å²) < 4.78 is 15.4. The topological polar surface area (TPSA) is 247 Å². The lowest BCUT2D eigenvalue weighted by Gasteiger charge is -2.32. The second kappa shape index (κ2) is 29.7. The number of nitrogens with zero attached hydrogens (tertiary/aromatic N) is 8. The smallest absolute Gasteiger partial charge is 0.339 e. The second-order valence-corrected chi connectivity index (χ2v) is 19.6. The van der Waals surface area contributed by atoms with Crippen LogP contribution in [0.5, 0.6) is 0 Å². The van der Waals surface area contributed by atoms with Crippen molar-refractivity contribution in [3.05, 3.63) is 174 Å². The summed E-state index contributed by atoms with van der Waals surface area (Å²) in [7, 11) is 0. The molecule has 6 aromatic heterocycles. The molecule has 4 aromatic carbocycles. The SMILES string of the molecule is Cl.Cl.Cl.Cl.O.O.O.O=c1oc2ccccc2cc1CCN1CCC(Nc2nc3ccccc3n2Cc2cscn2)CC1.O=c1oc2ccccc2cc1CCN1CCC(Nc2nc3ccccc3n2Cc2cscn2)CC1. The summed E-state index contributed by atoms with van der Waals surface area (Å²) in [6, 6.07) is 36.6. The van der Waals surface area contributed by atoms with Crippen molar-refractivity contribution in [2.45, 2.75) is 63.7 Å². The Bertz CT molecular complexity index is 3260. The minimum absolute atomic E-state index is 0. The van der Waals surface area contributed by atoms with Crippen molar-refractivity contribution in [2.75, 3.05) is 49.9 Å². The lowest BCUT2D eigenvalue weighted by Crippen LogP contribution is -2.40. The van der Waals surface area contributed by atoms with Gasteiger partial charge in [0.2, 0.25) is 11.9 Å². The van der Waals surface area contributed by atoms with Gasteiger partial charge in [-0.25, -0.2) is 29.5 Å². The van der Waals surface area contributed by atoms with Gasteiger partial charge in [-0.05, 0) is 87.1 Å². The molecule has 8 heterocycles. The first-order valence-corrected chi connectivity index (χ1v) is 26.0. The van der Waals surface area contributed by atoms with Gasteiger partial charge in [0, 0.05) is 84.0 Å². The Morgan fingerprint density at radius 1 is 0.519 bits per heavy atom. The van der Waals surface area contributed by atoms with Gasteiger partial charge in [0.1, 0.15) is 11.2 Å². The Kier molecular flexibility index (Phi) is 24.5.